The molecule has 2 aromatic carbocycles. The summed E-state index contributed by atoms with van der Waals surface area (Å²) in [6.45, 7) is 0.345. The summed E-state index contributed by atoms with van der Waals surface area (Å²) in [6, 6.07) is 12.3. The Balaban J connectivity index is 1.60. The number of nitrogens with one attached hydrogen (secondary N) is 1. The minimum absolute atomic E-state index is 0.146. The Kier molecular flexibility index (Phi) is 6.85. The normalized spacial score (nSPS) is 12.4. The fourth-order valence-corrected chi connectivity index (χ4v) is 3.61. The Morgan fingerprint density at radius 2 is 1.93 bits per heavy atom. The van der Waals surface area contributed by atoms with Gasteiger partial charge in [0.2, 0.25) is 5.91 Å². The molecule has 3 aromatic rings. The third kappa shape index (κ3) is 5.79. The Morgan fingerprint density at radius 3 is 2.62 bits per heavy atom. The highest BCUT2D eigenvalue weighted by Crippen LogP contribution is 2.24. The van der Waals surface area contributed by atoms with E-state index in [1.165, 1.54) is 41.7 Å². The maximum Gasteiger partial charge on any atom is 0.244 e. The molecular weight excluding hydrogens is 392 g/mol. The van der Waals surface area contributed by atoms with Crippen LogP contribution in [-0.2, 0) is 4.79 Å². The van der Waals surface area contributed by atoms with Crippen LogP contribution >= 0.6 is 11.3 Å². The quantitative estimate of drug-likeness (QED) is 0.579. The number of aromatic nitrogens is 1. The number of halogens is 2. The van der Waals surface area contributed by atoms with Crippen LogP contribution in [0.4, 0.5) is 8.78 Å². The van der Waals surface area contributed by atoms with Gasteiger partial charge in [0, 0.05) is 23.6 Å². The van der Waals surface area contributed by atoms with Gasteiger partial charge in [-0.3, -0.25) is 4.79 Å². The fraction of sp³-hybridized carbons (Fsp3) is 0.182. The monoisotopic (exact) mass is 413 g/mol. The lowest BCUT2D eigenvalue weighted by molar-refractivity contribution is -0.116. The minimum Gasteiger partial charge on any atom is -0.351 e. The zero-order valence-corrected chi connectivity index (χ0v) is 16.9. The van der Waals surface area contributed by atoms with Crippen molar-refractivity contribution in [3.05, 3.63) is 82.9 Å². The van der Waals surface area contributed by atoms with E-state index in [-0.39, 0.29) is 23.6 Å². The van der Waals surface area contributed by atoms with E-state index >= 15 is 0 Å². The molecular formula is C22H21F2N3OS. The summed E-state index contributed by atoms with van der Waals surface area (Å²) in [5.74, 6) is -0.859. The van der Waals surface area contributed by atoms with Crippen LogP contribution in [0, 0.1) is 11.6 Å². The van der Waals surface area contributed by atoms with Gasteiger partial charge >= 0.3 is 0 Å². The average molecular weight is 413 g/mol. The number of carbonyl (C=O) groups is 1. The number of rotatable bonds is 7. The third-order valence-electron chi connectivity index (χ3n) is 4.35. The van der Waals surface area contributed by atoms with Crippen molar-refractivity contribution in [1.82, 2.24) is 15.2 Å². The molecule has 150 valence electrons. The molecule has 1 N–H and O–H groups in total. The fourth-order valence-electron chi connectivity index (χ4n) is 2.82. The van der Waals surface area contributed by atoms with Crippen molar-refractivity contribution in [2.75, 3.05) is 20.6 Å². The molecule has 0 aliphatic carbocycles. The van der Waals surface area contributed by atoms with Gasteiger partial charge < -0.3 is 10.2 Å². The number of benzene rings is 2. The minimum atomic E-state index is -0.305. The van der Waals surface area contributed by atoms with Crippen LogP contribution in [0.5, 0.6) is 0 Å². The largest absolute Gasteiger partial charge is 0.351 e. The molecule has 3 rings (SSSR count). The van der Waals surface area contributed by atoms with Crippen LogP contribution < -0.4 is 5.32 Å². The summed E-state index contributed by atoms with van der Waals surface area (Å²) < 4.78 is 26.5. The van der Waals surface area contributed by atoms with E-state index < -0.39 is 0 Å². The molecule has 0 aliphatic heterocycles. The van der Waals surface area contributed by atoms with Gasteiger partial charge in [0.1, 0.15) is 16.6 Å². The van der Waals surface area contributed by atoms with Crippen LogP contribution in [0.1, 0.15) is 17.3 Å². The molecule has 0 saturated carbocycles. The molecule has 1 atom stereocenters. The van der Waals surface area contributed by atoms with Crippen molar-refractivity contribution in [3.8, 4) is 10.6 Å². The molecule has 0 saturated heterocycles. The van der Waals surface area contributed by atoms with Crippen molar-refractivity contribution < 1.29 is 13.6 Å². The third-order valence-corrected chi connectivity index (χ3v) is 5.25. The van der Waals surface area contributed by atoms with E-state index in [1.54, 1.807) is 24.3 Å². The number of thiazole rings is 1. The van der Waals surface area contributed by atoms with Crippen LogP contribution in [0.25, 0.3) is 16.6 Å². The lowest BCUT2D eigenvalue weighted by Gasteiger charge is -2.24. The highest BCUT2D eigenvalue weighted by Gasteiger charge is 2.15. The molecule has 1 aromatic heterocycles. The maximum absolute atomic E-state index is 13.5. The van der Waals surface area contributed by atoms with E-state index in [1.807, 2.05) is 30.4 Å². The molecule has 0 radical (unpaired) electrons. The Labute approximate surface area is 172 Å². The number of hydrogen-bond acceptors (Lipinski definition) is 4. The molecule has 0 bridgehead atoms. The summed E-state index contributed by atoms with van der Waals surface area (Å²) in [6.07, 6.45) is 3.05. The first kappa shape index (κ1) is 20.8. The first-order valence-corrected chi connectivity index (χ1v) is 9.89. The first-order valence-electron chi connectivity index (χ1n) is 9.01. The predicted octanol–water partition coefficient (Wildman–Crippen LogP) is 4.52. The number of carbonyl (C=O) groups excluding carboxylic acids is 1. The summed E-state index contributed by atoms with van der Waals surface area (Å²) in [4.78, 5) is 18.6. The highest BCUT2D eigenvalue weighted by molar-refractivity contribution is 7.13. The predicted molar refractivity (Wildman–Crippen MR) is 112 cm³/mol. The smallest absolute Gasteiger partial charge is 0.244 e. The number of nitrogens with zero attached hydrogens (tertiary/aromatic N) is 2. The zero-order valence-electron chi connectivity index (χ0n) is 16.1. The van der Waals surface area contributed by atoms with Gasteiger partial charge in [0.25, 0.3) is 0 Å². The molecule has 0 fully saturated rings. The van der Waals surface area contributed by atoms with Crippen LogP contribution in [0.2, 0.25) is 0 Å². The first-order chi connectivity index (χ1) is 13.9. The van der Waals surface area contributed by atoms with Gasteiger partial charge in [-0.05, 0) is 62.1 Å². The lowest BCUT2D eigenvalue weighted by Crippen LogP contribution is -2.33. The van der Waals surface area contributed by atoms with Gasteiger partial charge in [-0.1, -0.05) is 12.1 Å². The average Bonchev–Trinajstić information content (AvgIpc) is 3.16. The van der Waals surface area contributed by atoms with Gasteiger partial charge in [0.15, 0.2) is 0 Å². The van der Waals surface area contributed by atoms with Gasteiger partial charge in [0.05, 0.1) is 11.7 Å². The Morgan fingerprint density at radius 1 is 1.17 bits per heavy atom. The van der Waals surface area contributed by atoms with Gasteiger partial charge in [-0.2, -0.15) is 0 Å². The molecule has 7 heteroatoms. The molecule has 1 heterocycles. The van der Waals surface area contributed by atoms with Gasteiger partial charge in [-0.15, -0.1) is 11.3 Å². The van der Waals surface area contributed by atoms with Crippen molar-refractivity contribution in [2.45, 2.75) is 6.04 Å². The van der Waals surface area contributed by atoms with Gasteiger partial charge in [-0.25, -0.2) is 13.8 Å². The molecule has 1 amide bonds. The molecule has 0 spiro atoms. The van der Waals surface area contributed by atoms with Crippen molar-refractivity contribution >= 4 is 23.3 Å². The molecule has 1 unspecified atom stereocenters. The summed E-state index contributed by atoms with van der Waals surface area (Å²) in [5.41, 5.74) is 2.27. The molecule has 29 heavy (non-hydrogen) atoms. The van der Waals surface area contributed by atoms with Crippen molar-refractivity contribution in [3.63, 3.8) is 0 Å². The second-order valence-corrected chi connectivity index (χ2v) is 7.56. The summed E-state index contributed by atoms with van der Waals surface area (Å²) in [7, 11) is 3.76. The second-order valence-electron chi connectivity index (χ2n) is 6.70. The number of likely N-dealkylation sites (N-methyl/N-ethyl adjacent to an activating group) is 1. The molecule has 0 aliphatic rings. The zero-order chi connectivity index (χ0) is 20.8. The Hall–Kier alpha value is -2.90. The summed E-state index contributed by atoms with van der Waals surface area (Å²) >= 11 is 1.42. The SMILES string of the molecule is CN(C)C(CNC(=O)C=Cc1csc(-c2ccc(F)cc2)n1)c1cccc(F)c1. The summed E-state index contributed by atoms with van der Waals surface area (Å²) in [5, 5.41) is 5.43. The van der Waals surface area contributed by atoms with E-state index in [2.05, 4.69) is 10.3 Å². The van der Waals surface area contributed by atoms with E-state index in [0.29, 0.717) is 12.2 Å². The van der Waals surface area contributed by atoms with E-state index in [9.17, 15) is 13.6 Å². The topological polar surface area (TPSA) is 45.2 Å². The Bertz CT molecular complexity index is 999. The number of amides is 1. The highest BCUT2D eigenvalue weighted by atomic mass is 32.1. The van der Waals surface area contributed by atoms with Crippen molar-refractivity contribution in [1.29, 1.82) is 0 Å². The number of hydrogen-bond donors (Lipinski definition) is 1. The van der Waals surface area contributed by atoms with E-state index in [0.717, 1.165) is 16.1 Å². The van der Waals surface area contributed by atoms with Crippen LogP contribution in [0.15, 0.2) is 60.0 Å². The van der Waals surface area contributed by atoms with Crippen LogP contribution in [0.3, 0.4) is 0 Å². The van der Waals surface area contributed by atoms with Crippen LogP contribution in [-0.4, -0.2) is 36.4 Å². The standard InChI is InChI=1S/C22H21F2N3OS/c1-27(2)20(16-4-3-5-18(24)12-16)13-25-21(28)11-10-19-14-29-22(26-19)15-6-8-17(23)9-7-15/h3-12,14,20H,13H2,1-2H3,(H,25,28). The molecule has 4 nitrogen and oxygen atoms in total. The maximum atomic E-state index is 13.5. The lowest BCUT2D eigenvalue weighted by atomic mass is 10.1. The second kappa shape index (κ2) is 9.54. The van der Waals surface area contributed by atoms with E-state index in [4.69, 9.17) is 0 Å². The van der Waals surface area contributed by atoms with Crippen molar-refractivity contribution in [2.24, 2.45) is 0 Å².